The maximum absolute atomic E-state index is 12.0. The van der Waals surface area contributed by atoms with Crippen LogP contribution in [0.15, 0.2) is 30.3 Å². The second-order valence-corrected chi connectivity index (χ2v) is 5.99. The average molecular weight is 285 g/mol. The summed E-state index contributed by atoms with van der Waals surface area (Å²) in [5, 5.41) is 0. The fraction of sp³-hybridized carbons (Fsp3) is 0.462. The number of methoxy groups -OCH3 is 1. The maximum atomic E-state index is 12.0. The third-order valence-electron chi connectivity index (χ3n) is 2.74. The first-order valence-electron chi connectivity index (χ1n) is 6.08. The quantitative estimate of drug-likeness (QED) is 0.819. The minimum absolute atomic E-state index is 0.0603. The Labute approximate surface area is 114 Å². The van der Waals surface area contributed by atoms with Gasteiger partial charge in [-0.3, -0.25) is 9.52 Å². The van der Waals surface area contributed by atoms with E-state index < -0.39 is 21.8 Å². The lowest BCUT2D eigenvalue weighted by molar-refractivity contribution is -0.120. The van der Waals surface area contributed by atoms with Gasteiger partial charge < -0.3 is 4.74 Å². The van der Waals surface area contributed by atoms with Crippen LogP contribution in [0.1, 0.15) is 24.8 Å². The summed E-state index contributed by atoms with van der Waals surface area (Å²) in [4.78, 5) is 12.0. The molecule has 1 amide bonds. The Morgan fingerprint density at radius 1 is 1.32 bits per heavy atom. The lowest BCUT2D eigenvalue weighted by Gasteiger charge is -2.15. The first-order valence-corrected chi connectivity index (χ1v) is 7.73. The van der Waals surface area contributed by atoms with E-state index in [1.807, 2.05) is 37.3 Å². The highest BCUT2D eigenvalue weighted by molar-refractivity contribution is 7.90. The molecular weight excluding hydrogens is 266 g/mol. The van der Waals surface area contributed by atoms with Crippen molar-refractivity contribution in [1.29, 1.82) is 0 Å². The number of hydrogen-bond donors (Lipinski definition) is 1. The van der Waals surface area contributed by atoms with Crippen LogP contribution < -0.4 is 4.72 Å². The lowest BCUT2D eigenvalue weighted by atomic mass is 9.96. The van der Waals surface area contributed by atoms with E-state index in [-0.39, 0.29) is 12.4 Å². The van der Waals surface area contributed by atoms with Crippen LogP contribution in [0.2, 0.25) is 0 Å². The summed E-state index contributed by atoms with van der Waals surface area (Å²) in [5.74, 6) is -1.18. The van der Waals surface area contributed by atoms with Crippen LogP contribution in [0, 0.1) is 0 Å². The van der Waals surface area contributed by atoms with Crippen molar-refractivity contribution in [3.63, 3.8) is 0 Å². The Kier molecular flexibility index (Phi) is 5.98. The van der Waals surface area contributed by atoms with Crippen molar-refractivity contribution in [2.75, 3.05) is 19.5 Å². The van der Waals surface area contributed by atoms with E-state index in [0.29, 0.717) is 6.42 Å². The lowest BCUT2D eigenvalue weighted by Crippen LogP contribution is -2.37. The van der Waals surface area contributed by atoms with Crippen molar-refractivity contribution >= 4 is 15.9 Å². The van der Waals surface area contributed by atoms with E-state index in [0.717, 1.165) is 5.56 Å². The molecule has 1 rings (SSSR count). The topological polar surface area (TPSA) is 72.5 Å². The molecule has 5 nitrogen and oxygen atoms in total. The number of hydrogen-bond acceptors (Lipinski definition) is 4. The molecule has 0 aliphatic rings. The third-order valence-corrected chi connectivity index (χ3v) is 3.96. The fourth-order valence-electron chi connectivity index (χ4n) is 1.73. The Bertz CT molecular complexity index is 499. The highest BCUT2D eigenvalue weighted by Gasteiger charge is 2.23. The summed E-state index contributed by atoms with van der Waals surface area (Å²) in [5.41, 5.74) is 0.810. The number of sulfonamides is 1. The van der Waals surface area contributed by atoms with Crippen LogP contribution in [-0.4, -0.2) is 33.8 Å². The second kappa shape index (κ2) is 7.25. The molecule has 0 heterocycles. The summed E-state index contributed by atoms with van der Waals surface area (Å²) in [7, 11) is -2.22. The molecule has 0 aromatic heterocycles. The smallest absolute Gasteiger partial charge is 0.240 e. The van der Waals surface area contributed by atoms with Gasteiger partial charge in [0.25, 0.3) is 0 Å². The SMILES string of the molecule is CCC(C(=O)NS(=O)(=O)CCOC)c1ccccc1. The Morgan fingerprint density at radius 2 is 1.95 bits per heavy atom. The molecule has 0 saturated heterocycles. The number of ether oxygens (including phenoxy) is 1. The molecule has 106 valence electrons. The first kappa shape index (κ1) is 15.7. The van der Waals surface area contributed by atoms with Crippen LogP contribution in [-0.2, 0) is 19.6 Å². The monoisotopic (exact) mass is 285 g/mol. The predicted molar refractivity (Wildman–Crippen MR) is 73.3 cm³/mol. The zero-order valence-electron chi connectivity index (χ0n) is 11.1. The van der Waals surface area contributed by atoms with Crippen LogP contribution in [0.5, 0.6) is 0 Å². The molecule has 19 heavy (non-hydrogen) atoms. The number of nitrogens with one attached hydrogen (secondary N) is 1. The van der Waals surface area contributed by atoms with E-state index in [1.165, 1.54) is 7.11 Å². The Balaban J connectivity index is 2.76. The van der Waals surface area contributed by atoms with Gasteiger partial charge in [0.05, 0.1) is 18.3 Å². The van der Waals surface area contributed by atoms with Gasteiger partial charge in [-0.25, -0.2) is 8.42 Å². The summed E-state index contributed by atoms with van der Waals surface area (Å²) in [6, 6.07) is 9.13. The molecule has 0 saturated carbocycles. The molecule has 1 atom stereocenters. The first-order chi connectivity index (χ1) is 9.00. The largest absolute Gasteiger partial charge is 0.384 e. The second-order valence-electron chi connectivity index (χ2n) is 4.15. The predicted octanol–water partition coefficient (Wildman–Crippen LogP) is 1.27. The molecular formula is C13H19NO4S. The van der Waals surface area contributed by atoms with E-state index in [9.17, 15) is 13.2 Å². The van der Waals surface area contributed by atoms with Crippen LogP contribution in [0.4, 0.5) is 0 Å². The molecule has 1 unspecified atom stereocenters. The van der Waals surface area contributed by atoms with Gasteiger partial charge in [0, 0.05) is 7.11 Å². The normalized spacial score (nSPS) is 12.9. The zero-order valence-corrected chi connectivity index (χ0v) is 11.9. The molecule has 0 spiro atoms. The summed E-state index contributed by atoms with van der Waals surface area (Å²) >= 11 is 0. The molecule has 0 aliphatic heterocycles. The van der Waals surface area contributed by atoms with Gasteiger partial charge in [0.15, 0.2) is 0 Å². The van der Waals surface area contributed by atoms with Crippen molar-refractivity contribution in [1.82, 2.24) is 4.72 Å². The van der Waals surface area contributed by atoms with Crippen LogP contribution in [0.3, 0.4) is 0 Å². The van der Waals surface area contributed by atoms with Crippen molar-refractivity contribution in [3.8, 4) is 0 Å². The van der Waals surface area contributed by atoms with E-state index in [1.54, 1.807) is 0 Å². The van der Waals surface area contributed by atoms with E-state index in [4.69, 9.17) is 4.74 Å². The molecule has 0 radical (unpaired) electrons. The van der Waals surface area contributed by atoms with Gasteiger partial charge in [-0.2, -0.15) is 0 Å². The van der Waals surface area contributed by atoms with Crippen molar-refractivity contribution in [2.45, 2.75) is 19.3 Å². The minimum atomic E-state index is -3.63. The number of benzene rings is 1. The number of carbonyl (C=O) groups is 1. The van der Waals surface area contributed by atoms with Crippen LogP contribution in [0.25, 0.3) is 0 Å². The number of rotatable bonds is 7. The minimum Gasteiger partial charge on any atom is -0.384 e. The van der Waals surface area contributed by atoms with Gasteiger partial charge in [-0.15, -0.1) is 0 Å². The highest BCUT2D eigenvalue weighted by Crippen LogP contribution is 2.19. The van der Waals surface area contributed by atoms with Crippen molar-refractivity contribution < 1.29 is 17.9 Å². The average Bonchev–Trinajstić information content (AvgIpc) is 2.38. The standard InChI is InChI=1S/C13H19NO4S/c1-3-12(11-7-5-4-6-8-11)13(15)14-19(16,17)10-9-18-2/h4-8,12H,3,9-10H2,1-2H3,(H,14,15). The molecule has 0 bridgehead atoms. The highest BCUT2D eigenvalue weighted by atomic mass is 32.2. The van der Waals surface area contributed by atoms with Gasteiger partial charge in [0.1, 0.15) is 0 Å². The maximum Gasteiger partial charge on any atom is 0.240 e. The summed E-state index contributed by atoms with van der Waals surface area (Å²) in [6.45, 7) is 1.91. The molecule has 1 N–H and O–H groups in total. The van der Waals surface area contributed by atoms with Gasteiger partial charge in [0.2, 0.25) is 15.9 Å². The van der Waals surface area contributed by atoms with Gasteiger partial charge in [-0.05, 0) is 12.0 Å². The van der Waals surface area contributed by atoms with Crippen LogP contribution >= 0.6 is 0 Å². The molecule has 0 fully saturated rings. The van der Waals surface area contributed by atoms with Crippen molar-refractivity contribution in [3.05, 3.63) is 35.9 Å². The molecule has 1 aromatic carbocycles. The van der Waals surface area contributed by atoms with Gasteiger partial charge in [-0.1, -0.05) is 37.3 Å². The molecule has 0 aliphatic carbocycles. The fourth-order valence-corrected chi connectivity index (χ4v) is 2.66. The number of carbonyl (C=O) groups excluding carboxylic acids is 1. The van der Waals surface area contributed by atoms with E-state index in [2.05, 4.69) is 4.72 Å². The third kappa shape index (κ3) is 5.00. The Morgan fingerprint density at radius 3 is 2.47 bits per heavy atom. The molecule has 1 aromatic rings. The Hall–Kier alpha value is -1.40. The number of amides is 1. The van der Waals surface area contributed by atoms with Gasteiger partial charge >= 0.3 is 0 Å². The van der Waals surface area contributed by atoms with Crippen molar-refractivity contribution in [2.24, 2.45) is 0 Å². The summed E-state index contributed by atoms with van der Waals surface area (Å²) in [6.07, 6.45) is 0.537. The molecule has 6 heteroatoms. The summed E-state index contributed by atoms with van der Waals surface area (Å²) < 4.78 is 30.1. The van der Waals surface area contributed by atoms with E-state index >= 15 is 0 Å². The zero-order chi connectivity index (χ0) is 14.3.